The van der Waals surface area contributed by atoms with Crippen molar-refractivity contribution in [3.05, 3.63) is 12.7 Å². The van der Waals surface area contributed by atoms with Crippen LogP contribution in [-0.2, 0) is 4.79 Å². The predicted molar refractivity (Wildman–Crippen MR) is 57.8 cm³/mol. The maximum Gasteiger partial charge on any atom is 0.240 e. The van der Waals surface area contributed by atoms with Crippen LogP contribution in [0.4, 0.5) is 0 Å². The van der Waals surface area contributed by atoms with Crippen molar-refractivity contribution in [3.8, 4) is 0 Å². The summed E-state index contributed by atoms with van der Waals surface area (Å²) < 4.78 is 0. The highest BCUT2D eigenvalue weighted by Gasteiger charge is 2.26. The van der Waals surface area contributed by atoms with E-state index >= 15 is 0 Å². The topological polar surface area (TPSA) is 46.3 Å². The Morgan fingerprint density at radius 2 is 2.43 bits per heavy atom. The molecule has 1 saturated heterocycles. The quantitative estimate of drug-likeness (QED) is 0.691. The summed E-state index contributed by atoms with van der Waals surface area (Å²) in [4.78, 5) is 13.8. The van der Waals surface area contributed by atoms with Gasteiger partial charge in [0.1, 0.15) is 0 Å². The van der Waals surface area contributed by atoms with Crippen LogP contribution < -0.4 is 5.73 Å². The normalized spacial score (nSPS) is 24.4. The molecule has 3 heteroatoms. The molecule has 1 aliphatic heterocycles. The Hall–Kier alpha value is -0.830. The minimum absolute atomic E-state index is 0.0806. The van der Waals surface area contributed by atoms with Gasteiger partial charge in [-0.15, -0.1) is 6.58 Å². The third-order valence-corrected chi connectivity index (χ3v) is 2.82. The number of rotatable bonds is 3. The number of hydrogen-bond acceptors (Lipinski definition) is 2. The first-order chi connectivity index (χ1) is 6.66. The number of likely N-dealkylation sites (tertiary alicyclic amines) is 1. The van der Waals surface area contributed by atoms with Gasteiger partial charge in [0.05, 0.1) is 6.04 Å². The van der Waals surface area contributed by atoms with Crippen molar-refractivity contribution < 1.29 is 4.79 Å². The fraction of sp³-hybridized carbons (Fsp3) is 0.727. The molecule has 0 aromatic heterocycles. The molecule has 0 radical (unpaired) electrons. The molecular weight excluding hydrogens is 176 g/mol. The molecular formula is C11H20N2O. The van der Waals surface area contributed by atoms with Crippen molar-refractivity contribution in [3.63, 3.8) is 0 Å². The first-order valence-electron chi connectivity index (χ1n) is 5.33. The molecule has 2 unspecified atom stereocenters. The molecule has 1 heterocycles. The van der Waals surface area contributed by atoms with E-state index in [0.29, 0.717) is 12.5 Å². The van der Waals surface area contributed by atoms with Crippen molar-refractivity contribution in [2.45, 2.75) is 44.7 Å². The van der Waals surface area contributed by atoms with Gasteiger partial charge in [0.2, 0.25) is 5.91 Å². The van der Waals surface area contributed by atoms with E-state index in [1.807, 2.05) is 4.90 Å². The molecule has 0 aromatic carbocycles. The van der Waals surface area contributed by atoms with Crippen LogP contribution in [0.25, 0.3) is 0 Å². The lowest BCUT2D eigenvalue weighted by Crippen LogP contribution is -2.49. The summed E-state index contributed by atoms with van der Waals surface area (Å²) in [6.07, 6.45) is 5.71. The smallest absolute Gasteiger partial charge is 0.240 e. The first kappa shape index (κ1) is 11.2. The molecule has 1 amide bonds. The minimum atomic E-state index is -0.395. The number of amides is 1. The summed E-state index contributed by atoms with van der Waals surface area (Å²) in [7, 11) is 0. The largest absolute Gasteiger partial charge is 0.339 e. The number of piperidine rings is 1. The summed E-state index contributed by atoms with van der Waals surface area (Å²) in [5, 5.41) is 0. The lowest BCUT2D eigenvalue weighted by Gasteiger charge is -2.35. The second-order valence-electron chi connectivity index (χ2n) is 4.01. The monoisotopic (exact) mass is 196 g/mol. The number of nitrogens with two attached hydrogens (primary N) is 1. The van der Waals surface area contributed by atoms with Gasteiger partial charge in [-0.2, -0.15) is 0 Å². The van der Waals surface area contributed by atoms with Gasteiger partial charge < -0.3 is 10.6 Å². The highest BCUT2D eigenvalue weighted by atomic mass is 16.2. The summed E-state index contributed by atoms with van der Waals surface area (Å²) in [6, 6.07) is -0.0415. The van der Waals surface area contributed by atoms with E-state index in [9.17, 15) is 4.79 Å². The molecule has 1 rings (SSSR count). The fourth-order valence-electron chi connectivity index (χ4n) is 1.92. The standard InChI is InChI=1S/C11H20N2O/c1-3-6-10(12)11(14)13-8-5-4-7-9(13)2/h3,9-10H,1,4-8,12H2,2H3. The third kappa shape index (κ3) is 2.58. The predicted octanol–water partition coefficient (Wildman–Crippen LogP) is 1.29. The van der Waals surface area contributed by atoms with E-state index in [-0.39, 0.29) is 5.91 Å². The Balaban J connectivity index is 2.53. The van der Waals surface area contributed by atoms with Crippen LogP contribution in [0.15, 0.2) is 12.7 Å². The van der Waals surface area contributed by atoms with E-state index in [1.54, 1.807) is 6.08 Å². The van der Waals surface area contributed by atoms with Crippen molar-refractivity contribution in [2.75, 3.05) is 6.54 Å². The minimum Gasteiger partial charge on any atom is -0.339 e. The highest BCUT2D eigenvalue weighted by molar-refractivity contribution is 5.82. The average Bonchev–Trinajstić information content (AvgIpc) is 2.18. The zero-order valence-corrected chi connectivity index (χ0v) is 8.91. The van der Waals surface area contributed by atoms with Gasteiger partial charge in [-0.3, -0.25) is 4.79 Å². The Bertz CT molecular complexity index is 215. The van der Waals surface area contributed by atoms with Crippen LogP contribution in [0.1, 0.15) is 32.6 Å². The highest BCUT2D eigenvalue weighted by Crippen LogP contribution is 2.17. The lowest BCUT2D eigenvalue weighted by atomic mass is 10.0. The van der Waals surface area contributed by atoms with Crippen molar-refractivity contribution in [2.24, 2.45) is 5.73 Å². The summed E-state index contributed by atoms with van der Waals surface area (Å²) in [5.41, 5.74) is 5.76. The van der Waals surface area contributed by atoms with Gasteiger partial charge >= 0.3 is 0 Å². The Morgan fingerprint density at radius 1 is 1.71 bits per heavy atom. The Labute approximate surface area is 86.0 Å². The molecule has 3 nitrogen and oxygen atoms in total. The first-order valence-corrected chi connectivity index (χ1v) is 5.33. The Morgan fingerprint density at radius 3 is 3.00 bits per heavy atom. The summed E-state index contributed by atoms with van der Waals surface area (Å²) >= 11 is 0. The van der Waals surface area contributed by atoms with Crippen molar-refractivity contribution >= 4 is 5.91 Å². The average molecular weight is 196 g/mol. The van der Waals surface area contributed by atoms with Gasteiger partial charge in [0.15, 0.2) is 0 Å². The van der Waals surface area contributed by atoms with Gasteiger partial charge in [-0.05, 0) is 32.6 Å². The molecule has 80 valence electrons. The van der Waals surface area contributed by atoms with Crippen LogP contribution in [0.5, 0.6) is 0 Å². The second-order valence-corrected chi connectivity index (χ2v) is 4.01. The molecule has 1 fully saturated rings. The van der Waals surface area contributed by atoms with E-state index in [0.717, 1.165) is 19.4 Å². The van der Waals surface area contributed by atoms with Crippen LogP contribution >= 0.6 is 0 Å². The third-order valence-electron chi connectivity index (χ3n) is 2.82. The van der Waals surface area contributed by atoms with Crippen LogP contribution in [0.3, 0.4) is 0 Å². The number of carbonyl (C=O) groups is 1. The number of nitrogens with zero attached hydrogens (tertiary/aromatic N) is 1. The second kappa shape index (κ2) is 5.15. The van der Waals surface area contributed by atoms with Gasteiger partial charge in [0, 0.05) is 12.6 Å². The number of carbonyl (C=O) groups excluding carboxylic acids is 1. The van der Waals surface area contributed by atoms with Crippen LogP contribution in [-0.4, -0.2) is 29.4 Å². The van der Waals surface area contributed by atoms with E-state index in [2.05, 4.69) is 13.5 Å². The maximum absolute atomic E-state index is 11.9. The van der Waals surface area contributed by atoms with Crippen LogP contribution in [0.2, 0.25) is 0 Å². The van der Waals surface area contributed by atoms with Crippen molar-refractivity contribution in [1.82, 2.24) is 4.90 Å². The Kier molecular flexibility index (Phi) is 4.14. The molecule has 0 aliphatic carbocycles. The van der Waals surface area contributed by atoms with E-state index < -0.39 is 6.04 Å². The summed E-state index contributed by atoms with van der Waals surface area (Å²) in [6.45, 7) is 6.56. The molecule has 0 saturated carbocycles. The van der Waals surface area contributed by atoms with Gasteiger partial charge in [0.25, 0.3) is 0 Å². The zero-order valence-electron chi connectivity index (χ0n) is 8.91. The lowest BCUT2D eigenvalue weighted by molar-refractivity contribution is -0.135. The van der Waals surface area contributed by atoms with Crippen molar-refractivity contribution in [1.29, 1.82) is 0 Å². The number of hydrogen-bond donors (Lipinski definition) is 1. The molecule has 0 bridgehead atoms. The molecule has 2 N–H and O–H groups in total. The summed E-state index contributed by atoms with van der Waals surface area (Å²) in [5.74, 6) is 0.0806. The van der Waals surface area contributed by atoms with E-state index in [1.165, 1.54) is 6.42 Å². The van der Waals surface area contributed by atoms with E-state index in [4.69, 9.17) is 5.73 Å². The zero-order chi connectivity index (χ0) is 10.6. The van der Waals surface area contributed by atoms with Crippen LogP contribution in [0, 0.1) is 0 Å². The SMILES string of the molecule is C=CCC(N)C(=O)N1CCCCC1C. The molecule has 1 aliphatic rings. The molecule has 0 aromatic rings. The van der Waals surface area contributed by atoms with Gasteiger partial charge in [-0.1, -0.05) is 6.08 Å². The molecule has 2 atom stereocenters. The molecule has 14 heavy (non-hydrogen) atoms. The maximum atomic E-state index is 11.9. The fourth-order valence-corrected chi connectivity index (χ4v) is 1.92. The molecule has 0 spiro atoms. The van der Waals surface area contributed by atoms with Gasteiger partial charge in [-0.25, -0.2) is 0 Å².